The SMILES string of the molecule is COc1ccc(C2CC(O)CN2)cc1.Cl. The fourth-order valence-corrected chi connectivity index (χ4v) is 1.81. The number of aliphatic hydroxyl groups is 1. The molecule has 0 aromatic heterocycles. The molecule has 0 amide bonds. The Morgan fingerprint density at radius 2 is 2.00 bits per heavy atom. The summed E-state index contributed by atoms with van der Waals surface area (Å²) in [6.07, 6.45) is 0.592. The fraction of sp³-hybridized carbons (Fsp3) is 0.455. The van der Waals surface area contributed by atoms with E-state index in [-0.39, 0.29) is 24.6 Å². The summed E-state index contributed by atoms with van der Waals surface area (Å²) in [6, 6.07) is 8.25. The molecule has 4 heteroatoms. The maximum absolute atomic E-state index is 9.37. The molecule has 1 aliphatic rings. The van der Waals surface area contributed by atoms with Crippen LogP contribution in [-0.2, 0) is 0 Å². The molecule has 2 rings (SSSR count). The first-order valence-corrected chi connectivity index (χ1v) is 4.85. The summed E-state index contributed by atoms with van der Waals surface area (Å²) in [4.78, 5) is 0. The maximum Gasteiger partial charge on any atom is 0.118 e. The van der Waals surface area contributed by atoms with Gasteiger partial charge in [-0.25, -0.2) is 0 Å². The Bertz CT molecular complexity index is 302. The van der Waals surface area contributed by atoms with Gasteiger partial charge in [0.15, 0.2) is 0 Å². The number of hydrogen-bond donors (Lipinski definition) is 2. The largest absolute Gasteiger partial charge is 0.497 e. The minimum Gasteiger partial charge on any atom is -0.497 e. The molecule has 1 aromatic carbocycles. The molecule has 84 valence electrons. The smallest absolute Gasteiger partial charge is 0.118 e. The van der Waals surface area contributed by atoms with Gasteiger partial charge in [0, 0.05) is 12.6 Å². The number of halogens is 1. The topological polar surface area (TPSA) is 41.5 Å². The Morgan fingerprint density at radius 3 is 2.47 bits per heavy atom. The van der Waals surface area contributed by atoms with Crippen LogP contribution in [-0.4, -0.2) is 24.9 Å². The molecule has 1 aliphatic heterocycles. The summed E-state index contributed by atoms with van der Waals surface area (Å²) in [5.41, 5.74) is 1.21. The second-order valence-corrected chi connectivity index (χ2v) is 3.62. The van der Waals surface area contributed by atoms with Crippen LogP contribution in [0.25, 0.3) is 0 Å². The van der Waals surface area contributed by atoms with E-state index in [1.807, 2.05) is 24.3 Å². The lowest BCUT2D eigenvalue weighted by Gasteiger charge is -2.10. The van der Waals surface area contributed by atoms with Crippen molar-refractivity contribution >= 4 is 12.4 Å². The van der Waals surface area contributed by atoms with Crippen molar-refractivity contribution in [1.29, 1.82) is 0 Å². The van der Waals surface area contributed by atoms with Gasteiger partial charge in [-0.15, -0.1) is 12.4 Å². The molecule has 2 atom stereocenters. The molecule has 0 aliphatic carbocycles. The van der Waals surface area contributed by atoms with Gasteiger partial charge in [-0.2, -0.15) is 0 Å². The molecule has 0 radical (unpaired) electrons. The molecule has 15 heavy (non-hydrogen) atoms. The monoisotopic (exact) mass is 229 g/mol. The highest BCUT2D eigenvalue weighted by Gasteiger charge is 2.22. The average molecular weight is 230 g/mol. The normalized spacial score (nSPS) is 24.7. The molecule has 1 aromatic rings. The van der Waals surface area contributed by atoms with E-state index in [1.165, 1.54) is 5.56 Å². The highest BCUT2D eigenvalue weighted by Crippen LogP contribution is 2.24. The van der Waals surface area contributed by atoms with E-state index in [1.54, 1.807) is 7.11 Å². The Morgan fingerprint density at radius 1 is 1.33 bits per heavy atom. The van der Waals surface area contributed by atoms with Crippen LogP contribution in [0, 0.1) is 0 Å². The van der Waals surface area contributed by atoms with Gasteiger partial charge in [0.25, 0.3) is 0 Å². The number of rotatable bonds is 2. The van der Waals surface area contributed by atoms with E-state index in [0.717, 1.165) is 12.2 Å². The van der Waals surface area contributed by atoms with E-state index in [4.69, 9.17) is 4.74 Å². The zero-order valence-electron chi connectivity index (χ0n) is 8.64. The van der Waals surface area contributed by atoms with Gasteiger partial charge < -0.3 is 15.2 Å². The van der Waals surface area contributed by atoms with Crippen molar-refractivity contribution in [2.45, 2.75) is 18.6 Å². The number of ether oxygens (including phenoxy) is 1. The molecule has 1 saturated heterocycles. The number of hydrogen-bond acceptors (Lipinski definition) is 3. The van der Waals surface area contributed by atoms with Crippen LogP contribution in [0.2, 0.25) is 0 Å². The number of methoxy groups -OCH3 is 1. The summed E-state index contributed by atoms with van der Waals surface area (Å²) in [5, 5.41) is 12.6. The van der Waals surface area contributed by atoms with Crippen molar-refractivity contribution in [2.75, 3.05) is 13.7 Å². The van der Waals surface area contributed by atoms with Gasteiger partial charge in [-0.3, -0.25) is 0 Å². The minimum atomic E-state index is -0.206. The first-order valence-electron chi connectivity index (χ1n) is 4.85. The lowest BCUT2D eigenvalue weighted by atomic mass is 10.0. The Balaban J connectivity index is 0.00000112. The van der Waals surface area contributed by atoms with E-state index < -0.39 is 0 Å². The van der Waals surface area contributed by atoms with Gasteiger partial charge in [0.1, 0.15) is 5.75 Å². The standard InChI is InChI=1S/C11H15NO2.ClH/c1-14-10-4-2-8(3-5-10)11-6-9(13)7-12-11;/h2-5,9,11-13H,6-7H2,1H3;1H. The second kappa shape index (κ2) is 5.35. The zero-order chi connectivity index (χ0) is 9.97. The van der Waals surface area contributed by atoms with Crippen molar-refractivity contribution < 1.29 is 9.84 Å². The summed E-state index contributed by atoms with van der Waals surface area (Å²) in [5.74, 6) is 0.868. The van der Waals surface area contributed by atoms with Crippen LogP contribution in [0.1, 0.15) is 18.0 Å². The molecule has 0 saturated carbocycles. The number of aliphatic hydroxyl groups excluding tert-OH is 1. The number of β-amino-alcohol motifs (C(OH)–C–C–N with tert-alkyl or cyclic N) is 1. The molecule has 2 N–H and O–H groups in total. The van der Waals surface area contributed by atoms with Crippen LogP contribution in [0.3, 0.4) is 0 Å². The minimum absolute atomic E-state index is 0. The molecule has 3 nitrogen and oxygen atoms in total. The van der Waals surface area contributed by atoms with Crippen molar-refractivity contribution in [1.82, 2.24) is 5.32 Å². The zero-order valence-corrected chi connectivity index (χ0v) is 9.46. The maximum atomic E-state index is 9.37. The summed E-state index contributed by atoms with van der Waals surface area (Å²) < 4.78 is 5.08. The van der Waals surface area contributed by atoms with Crippen molar-refractivity contribution in [3.63, 3.8) is 0 Å². The lowest BCUT2D eigenvalue weighted by Crippen LogP contribution is -2.14. The summed E-state index contributed by atoms with van der Waals surface area (Å²) in [6.45, 7) is 0.691. The highest BCUT2D eigenvalue weighted by molar-refractivity contribution is 5.85. The van der Waals surface area contributed by atoms with Crippen LogP contribution >= 0.6 is 12.4 Å². The van der Waals surface area contributed by atoms with Crippen LogP contribution in [0.4, 0.5) is 0 Å². The predicted molar refractivity (Wildman–Crippen MR) is 61.6 cm³/mol. The van der Waals surface area contributed by atoms with E-state index in [0.29, 0.717) is 6.54 Å². The van der Waals surface area contributed by atoms with Gasteiger partial charge >= 0.3 is 0 Å². The molecular formula is C11H16ClNO2. The second-order valence-electron chi connectivity index (χ2n) is 3.62. The van der Waals surface area contributed by atoms with Crippen molar-refractivity contribution in [2.24, 2.45) is 0 Å². The summed E-state index contributed by atoms with van der Waals surface area (Å²) in [7, 11) is 1.66. The van der Waals surface area contributed by atoms with E-state index >= 15 is 0 Å². The predicted octanol–water partition coefficient (Wildman–Crippen LogP) is 1.51. The molecule has 2 unspecified atom stereocenters. The Labute approximate surface area is 95.9 Å². The Kier molecular flexibility index (Phi) is 4.39. The number of benzene rings is 1. The van der Waals surface area contributed by atoms with Crippen molar-refractivity contribution in [3.05, 3.63) is 29.8 Å². The third kappa shape index (κ3) is 2.84. The lowest BCUT2D eigenvalue weighted by molar-refractivity contribution is 0.193. The third-order valence-electron chi connectivity index (χ3n) is 2.63. The van der Waals surface area contributed by atoms with Gasteiger partial charge in [-0.1, -0.05) is 12.1 Å². The van der Waals surface area contributed by atoms with E-state index in [9.17, 15) is 5.11 Å². The Hall–Kier alpha value is -0.770. The first-order chi connectivity index (χ1) is 6.79. The van der Waals surface area contributed by atoms with Gasteiger partial charge in [0.05, 0.1) is 13.2 Å². The molecule has 0 bridgehead atoms. The first kappa shape index (κ1) is 12.3. The quantitative estimate of drug-likeness (QED) is 0.808. The summed E-state index contributed by atoms with van der Waals surface area (Å²) >= 11 is 0. The van der Waals surface area contributed by atoms with Crippen LogP contribution < -0.4 is 10.1 Å². The van der Waals surface area contributed by atoms with Crippen LogP contribution in [0.5, 0.6) is 5.75 Å². The van der Waals surface area contributed by atoms with Crippen LogP contribution in [0.15, 0.2) is 24.3 Å². The third-order valence-corrected chi connectivity index (χ3v) is 2.63. The highest BCUT2D eigenvalue weighted by atomic mass is 35.5. The van der Waals surface area contributed by atoms with E-state index in [2.05, 4.69) is 5.32 Å². The molecule has 1 fully saturated rings. The molecule has 0 spiro atoms. The molecular weight excluding hydrogens is 214 g/mol. The van der Waals surface area contributed by atoms with Gasteiger partial charge in [0.2, 0.25) is 0 Å². The van der Waals surface area contributed by atoms with Gasteiger partial charge in [-0.05, 0) is 24.1 Å². The average Bonchev–Trinajstić information content (AvgIpc) is 2.65. The fourth-order valence-electron chi connectivity index (χ4n) is 1.81. The molecule has 1 heterocycles. The van der Waals surface area contributed by atoms with Crippen molar-refractivity contribution in [3.8, 4) is 5.75 Å². The number of nitrogens with one attached hydrogen (secondary N) is 1.